The number of halogens is 1. The van der Waals surface area contributed by atoms with Gasteiger partial charge in [0.05, 0.1) is 5.02 Å². The third-order valence-corrected chi connectivity index (χ3v) is 3.82. The van der Waals surface area contributed by atoms with E-state index in [1.165, 1.54) is 0 Å². The van der Waals surface area contributed by atoms with Gasteiger partial charge in [0.1, 0.15) is 11.3 Å². The molecular weight excluding hydrogens is 292 g/mol. The minimum absolute atomic E-state index is 0.0288. The van der Waals surface area contributed by atoms with E-state index in [0.717, 1.165) is 0 Å². The van der Waals surface area contributed by atoms with Gasteiger partial charge in [-0.3, -0.25) is 9.59 Å². The lowest BCUT2D eigenvalue weighted by atomic mass is 10.2. The van der Waals surface area contributed by atoms with Crippen molar-refractivity contribution < 1.29 is 9.59 Å². The van der Waals surface area contributed by atoms with Crippen LogP contribution in [0.4, 0.5) is 0 Å². The van der Waals surface area contributed by atoms with Gasteiger partial charge in [-0.05, 0) is 19.1 Å². The summed E-state index contributed by atoms with van der Waals surface area (Å²) in [6.45, 7) is 2.78. The van der Waals surface area contributed by atoms with E-state index < -0.39 is 0 Å². The molecule has 0 bridgehead atoms. The highest BCUT2D eigenvalue weighted by molar-refractivity contribution is 6.30. The number of hydrogen-bond acceptors (Lipinski definition) is 3. The van der Waals surface area contributed by atoms with Gasteiger partial charge in [-0.2, -0.15) is 0 Å². The molecule has 21 heavy (non-hydrogen) atoms. The van der Waals surface area contributed by atoms with Crippen molar-refractivity contribution in [3.63, 3.8) is 0 Å². The van der Waals surface area contributed by atoms with Crippen LogP contribution in [0.2, 0.25) is 5.02 Å². The second-order valence-corrected chi connectivity index (χ2v) is 5.58. The summed E-state index contributed by atoms with van der Waals surface area (Å²) in [5.41, 5.74) is 1.03. The van der Waals surface area contributed by atoms with E-state index in [2.05, 4.69) is 10.3 Å². The van der Waals surface area contributed by atoms with Gasteiger partial charge in [-0.15, -0.1) is 0 Å². The van der Waals surface area contributed by atoms with E-state index in [9.17, 15) is 9.59 Å². The van der Waals surface area contributed by atoms with Crippen LogP contribution in [-0.4, -0.2) is 45.2 Å². The number of aromatic nitrogens is 2. The fourth-order valence-electron chi connectivity index (χ4n) is 2.42. The Morgan fingerprint density at radius 2 is 2.24 bits per heavy atom. The van der Waals surface area contributed by atoms with E-state index in [4.69, 9.17) is 11.6 Å². The molecule has 3 heterocycles. The molecule has 2 aromatic rings. The SMILES string of the molecule is C[C@H]1CNC(=O)CCN1C(=O)c1cn2cc(Cl)ccc2n1. The first-order valence-corrected chi connectivity index (χ1v) is 7.14. The molecule has 2 amide bonds. The van der Waals surface area contributed by atoms with Gasteiger partial charge in [0.25, 0.3) is 5.91 Å². The van der Waals surface area contributed by atoms with Crippen LogP contribution in [0, 0.1) is 0 Å². The van der Waals surface area contributed by atoms with E-state index in [1.807, 2.05) is 6.92 Å². The summed E-state index contributed by atoms with van der Waals surface area (Å²) < 4.78 is 1.72. The molecule has 0 unspecified atom stereocenters. The zero-order valence-corrected chi connectivity index (χ0v) is 12.3. The monoisotopic (exact) mass is 306 g/mol. The standard InChI is InChI=1S/C14H15ClN4O2/c1-9-6-16-13(20)4-5-19(9)14(21)11-8-18-7-10(15)2-3-12(18)17-11/h2-3,7-9H,4-6H2,1H3,(H,16,20)/t9-/m0/s1. The summed E-state index contributed by atoms with van der Waals surface area (Å²) in [6, 6.07) is 3.43. The lowest BCUT2D eigenvalue weighted by molar-refractivity contribution is -0.120. The number of rotatable bonds is 1. The highest BCUT2D eigenvalue weighted by atomic mass is 35.5. The molecule has 2 aromatic heterocycles. The Balaban J connectivity index is 1.90. The molecule has 1 aliphatic rings. The molecule has 3 rings (SSSR count). The zero-order chi connectivity index (χ0) is 15.0. The number of imidazole rings is 1. The Morgan fingerprint density at radius 1 is 1.43 bits per heavy atom. The predicted octanol–water partition coefficient (Wildman–Crippen LogP) is 1.34. The molecule has 0 saturated carbocycles. The van der Waals surface area contributed by atoms with Crippen LogP contribution in [-0.2, 0) is 4.79 Å². The number of fused-ring (bicyclic) bond motifs is 1. The Kier molecular flexibility index (Phi) is 3.55. The largest absolute Gasteiger partial charge is 0.354 e. The number of pyridine rings is 1. The Morgan fingerprint density at radius 3 is 3.05 bits per heavy atom. The van der Waals surface area contributed by atoms with Gasteiger partial charge in [0.15, 0.2) is 0 Å². The average Bonchev–Trinajstić information content (AvgIpc) is 2.80. The van der Waals surface area contributed by atoms with Crippen molar-refractivity contribution in [1.29, 1.82) is 0 Å². The first-order valence-electron chi connectivity index (χ1n) is 6.76. The molecule has 110 valence electrons. The van der Waals surface area contributed by atoms with E-state index in [-0.39, 0.29) is 17.9 Å². The highest BCUT2D eigenvalue weighted by Gasteiger charge is 2.26. The number of carbonyl (C=O) groups excluding carboxylic acids is 2. The maximum Gasteiger partial charge on any atom is 0.274 e. The van der Waals surface area contributed by atoms with Crippen molar-refractivity contribution in [2.75, 3.05) is 13.1 Å². The summed E-state index contributed by atoms with van der Waals surface area (Å²) >= 11 is 5.93. The molecule has 1 aliphatic heterocycles. The van der Waals surface area contributed by atoms with Crippen molar-refractivity contribution >= 4 is 29.1 Å². The second kappa shape index (κ2) is 5.37. The van der Waals surface area contributed by atoms with Gasteiger partial charge in [0, 0.05) is 37.9 Å². The molecule has 6 nitrogen and oxygen atoms in total. The normalized spacial score (nSPS) is 19.4. The van der Waals surface area contributed by atoms with Gasteiger partial charge in [0.2, 0.25) is 5.91 Å². The van der Waals surface area contributed by atoms with Gasteiger partial charge in [-0.25, -0.2) is 4.98 Å². The van der Waals surface area contributed by atoms with Crippen LogP contribution in [0.3, 0.4) is 0 Å². The van der Waals surface area contributed by atoms with E-state index in [0.29, 0.717) is 35.9 Å². The van der Waals surface area contributed by atoms with Crippen molar-refractivity contribution in [2.45, 2.75) is 19.4 Å². The second-order valence-electron chi connectivity index (χ2n) is 5.14. The average molecular weight is 307 g/mol. The number of nitrogens with zero attached hydrogens (tertiary/aromatic N) is 3. The highest BCUT2D eigenvalue weighted by Crippen LogP contribution is 2.15. The van der Waals surface area contributed by atoms with Crippen molar-refractivity contribution in [3.05, 3.63) is 35.2 Å². The van der Waals surface area contributed by atoms with Crippen molar-refractivity contribution in [2.24, 2.45) is 0 Å². The van der Waals surface area contributed by atoms with Crippen LogP contribution in [0.1, 0.15) is 23.8 Å². The Bertz CT molecular complexity index is 712. The lowest BCUT2D eigenvalue weighted by Gasteiger charge is -2.25. The van der Waals surface area contributed by atoms with Crippen LogP contribution in [0.25, 0.3) is 5.65 Å². The summed E-state index contributed by atoms with van der Waals surface area (Å²) in [4.78, 5) is 30.0. The topological polar surface area (TPSA) is 66.7 Å². The number of amides is 2. The quantitative estimate of drug-likeness (QED) is 0.864. The Labute approximate surface area is 126 Å². The lowest BCUT2D eigenvalue weighted by Crippen LogP contribution is -2.41. The third-order valence-electron chi connectivity index (χ3n) is 3.60. The van der Waals surface area contributed by atoms with Gasteiger partial charge < -0.3 is 14.6 Å². The first kappa shape index (κ1) is 13.9. The maximum absolute atomic E-state index is 12.6. The van der Waals surface area contributed by atoms with E-state index in [1.54, 1.807) is 33.8 Å². The first-order chi connectivity index (χ1) is 10.0. The summed E-state index contributed by atoms with van der Waals surface area (Å²) in [5.74, 6) is -0.197. The van der Waals surface area contributed by atoms with Crippen LogP contribution >= 0.6 is 11.6 Å². The molecule has 1 saturated heterocycles. The van der Waals surface area contributed by atoms with E-state index >= 15 is 0 Å². The summed E-state index contributed by atoms with van der Waals surface area (Å²) in [6.07, 6.45) is 3.68. The third kappa shape index (κ3) is 2.71. The molecule has 1 fully saturated rings. The Hall–Kier alpha value is -2.08. The van der Waals surface area contributed by atoms with Crippen LogP contribution in [0.15, 0.2) is 24.5 Å². The molecule has 0 radical (unpaired) electrons. The molecule has 0 aromatic carbocycles. The fraction of sp³-hybridized carbons (Fsp3) is 0.357. The summed E-state index contributed by atoms with van der Waals surface area (Å²) in [5, 5.41) is 3.37. The predicted molar refractivity (Wildman–Crippen MR) is 78.3 cm³/mol. The summed E-state index contributed by atoms with van der Waals surface area (Å²) in [7, 11) is 0. The number of carbonyl (C=O) groups is 2. The fourth-order valence-corrected chi connectivity index (χ4v) is 2.59. The zero-order valence-electron chi connectivity index (χ0n) is 11.5. The minimum atomic E-state index is -0.168. The molecule has 1 N–H and O–H groups in total. The molecule has 0 spiro atoms. The van der Waals surface area contributed by atoms with Crippen LogP contribution in [0.5, 0.6) is 0 Å². The number of hydrogen-bond donors (Lipinski definition) is 1. The van der Waals surface area contributed by atoms with Gasteiger partial charge >= 0.3 is 0 Å². The molecular formula is C14H15ClN4O2. The maximum atomic E-state index is 12.6. The van der Waals surface area contributed by atoms with Gasteiger partial charge in [-0.1, -0.05) is 11.6 Å². The number of nitrogens with one attached hydrogen (secondary N) is 1. The van der Waals surface area contributed by atoms with Crippen LogP contribution < -0.4 is 5.32 Å². The smallest absolute Gasteiger partial charge is 0.274 e. The van der Waals surface area contributed by atoms with Crippen molar-refractivity contribution in [1.82, 2.24) is 19.6 Å². The van der Waals surface area contributed by atoms with Crippen molar-refractivity contribution in [3.8, 4) is 0 Å². The minimum Gasteiger partial charge on any atom is -0.354 e. The molecule has 1 atom stereocenters. The molecule has 0 aliphatic carbocycles. The molecule has 7 heteroatoms.